The maximum Gasteiger partial charge on any atom is 0.328 e. The average molecular weight is 276 g/mol. The highest BCUT2D eigenvalue weighted by Gasteiger charge is 2.07. The number of carboxylic acid groups (broad SMARTS) is 1. The fourth-order valence-corrected chi connectivity index (χ4v) is 1.40. The summed E-state index contributed by atoms with van der Waals surface area (Å²) < 4.78 is 0. The van der Waals surface area contributed by atoms with Gasteiger partial charge in [-0.2, -0.15) is 0 Å². The van der Waals surface area contributed by atoms with Gasteiger partial charge in [0, 0.05) is 17.7 Å². The second kappa shape index (κ2) is 7.08. The van der Waals surface area contributed by atoms with E-state index in [0.717, 1.165) is 11.6 Å². The fourth-order valence-electron chi connectivity index (χ4n) is 1.40. The Morgan fingerprint density at radius 2 is 1.65 bits per heavy atom. The Morgan fingerprint density at radius 3 is 2.15 bits per heavy atom. The molecular weight excluding hydrogens is 260 g/mol. The standard InChI is InChI=1S/C14H16N2O4/c1-9(2)10-3-5-11(6-4-10)14(20)16-15-12(17)7-8-13(18)19/h3-9H,1-2H3,(H,15,17)(H,16,20)(H,18,19)/b8-7-. The summed E-state index contributed by atoms with van der Waals surface area (Å²) in [5.41, 5.74) is 5.78. The Kier molecular flexibility index (Phi) is 5.46. The first-order valence-electron chi connectivity index (χ1n) is 6.01. The smallest absolute Gasteiger partial charge is 0.328 e. The van der Waals surface area contributed by atoms with Gasteiger partial charge < -0.3 is 5.11 Å². The number of nitrogens with one attached hydrogen (secondary N) is 2. The molecule has 0 bridgehead atoms. The minimum Gasteiger partial charge on any atom is -0.478 e. The molecule has 0 aliphatic heterocycles. The lowest BCUT2D eigenvalue weighted by atomic mass is 10.0. The van der Waals surface area contributed by atoms with E-state index in [9.17, 15) is 14.4 Å². The maximum atomic E-state index is 11.7. The van der Waals surface area contributed by atoms with Crippen molar-refractivity contribution in [2.45, 2.75) is 19.8 Å². The number of carbonyl (C=O) groups is 3. The van der Waals surface area contributed by atoms with Crippen molar-refractivity contribution >= 4 is 17.8 Å². The van der Waals surface area contributed by atoms with Crippen LogP contribution in [0.1, 0.15) is 35.7 Å². The van der Waals surface area contributed by atoms with Gasteiger partial charge in [-0.3, -0.25) is 20.4 Å². The first-order chi connectivity index (χ1) is 9.40. The molecule has 0 spiro atoms. The Morgan fingerprint density at radius 1 is 1.05 bits per heavy atom. The first-order valence-corrected chi connectivity index (χ1v) is 6.01. The number of carboxylic acids is 1. The summed E-state index contributed by atoms with van der Waals surface area (Å²) in [6.45, 7) is 4.09. The number of aliphatic carboxylic acids is 1. The van der Waals surface area contributed by atoms with Crippen molar-refractivity contribution in [3.8, 4) is 0 Å². The van der Waals surface area contributed by atoms with E-state index in [1.54, 1.807) is 12.1 Å². The molecule has 2 amide bonds. The quantitative estimate of drug-likeness (QED) is 0.569. The van der Waals surface area contributed by atoms with Gasteiger partial charge in [0.2, 0.25) is 0 Å². The number of hydrogen-bond donors (Lipinski definition) is 3. The lowest BCUT2D eigenvalue weighted by Crippen LogP contribution is -2.40. The zero-order chi connectivity index (χ0) is 15.1. The molecule has 1 aromatic rings. The number of carbonyl (C=O) groups excluding carboxylic acids is 2. The lowest BCUT2D eigenvalue weighted by Gasteiger charge is -2.08. The van der Waals surface area contributed by atoms with Crippen molar-refractivity contribution in [1.29, 1.82) is 0 Å². The second-order valence-corrected chi connectivity index (χ2v) is 4.39. The van der Waals surface area contributed by atoms with Crippen molar-refractivity contribution in [2.24, 2.45) is 0 Å². The summed E-state index contributed by atoms with van der Waals surface area (Å²) in [6, 6.07) is 6.99. The number of rotatable bonds is 4. The summed E-state index contributed by atoms with van der Waals surface area (Å²) in [6.07, 6.45) is 1.49. The van der Waals surface area contributed by atoms with E-state index in [4.69, 9.17) is 5.11 Å². The maximum absolute atomic E-state index is 11.7. The van der Waals surface area contributed by atoms with E-state index in [-0.39, 0.29) is 0 Å². The van der Waals surface area contributed by atoms with Crippen LogP contribution < -0.4 is 10.9 Å². The molecule has 3 N–H and O–H groups in total. The van der Waals surface area contributed by atoms with Gasteiger partial charge in [0.1, 0.15) is 0 Å². The Balaban J connectivity index is 2.55. The van der Waals surface area contributed by atoms with Gasteiger partial charge in [-0.05, 0) is 23.6 Å². The van der Waals surface area contributed by atoms with Crippen LogP contribution in [0.4, 0.5) is 0 Å². The van der Waals surface area contributed by atoms with Gasteiger partial charge in [-0.15, -0.1) is 0 Å². The van der Waals surface area contributed by atoms with E-state index >= 15 is 0 Å². The van der Waals surface area contributed by atoms with Gasteiger partial charge in [0.25, 0.3) is 11.8 Å². The summed E-state index contributed by atoms with van der Waals surface area (Å²) >= 11 is 0. The molecule has 0 saturated carbocycles. The molecule has 1 aromatic carbocycles. The minimum atomic E-state index is -1.24. The molecule has 0 aromatic heterocycles. The number of amides is 2. The zero-order valence-electron chi connectivity index (χ0n) is 11.2. The molecule has 6 nitrogen and oxygen atoms in total. The summed E-state index contributed by atoms with van der Waals surface area (Å²) in [7, 11) is 0. The van der Waals surface area contributed by atoms with Crippen LogP contribution in [0.15, 0.2) is 36.4 Å². The molecular formula is C14H16N2O4. The van der Waals surface area contributed by atoms with Crippen LogP contribution in [0.25, 0.3) is 0 Å². The molecule has 106 valence electrons. The monoisotopic (exact) mass is 276 g/mol. The molecule has 0 aliphatic rings. The zero-order valence-corrected chi connectivity index (χ0v) is 11.2. The topological polar surface area (TPSA) is 95.5 Å². The third-order valence-electron chi connectivity index (χ3n) is 2.52. The highest BCUT2D eigenvalue weighted by Crippen LogP contribution is 2.14. The van der Waals surface area contributed by atoms with E-state index in [1.165, 1.54) is 0 Å². The predicted octanol–water partition coefficient (Wildman–Crippen LogP) is 1.21. The molecule has 6 heteroatoms. The summed E-state index contributed by atoms with van der Waals surface area (Å²) in [4.78, 5) is 33.0. The molecule has 0 aliphatic carbocycles. The molecule has 0 heterocycles. The van der Waals surface area contributed by atoms with Crippen molar-refractivity contribution in [2.75, 3.05) is 0 Å². The van der Waals surface area contributed by atoms with Gasteiger partial charge in [0.05, 0.1) is 0 Å². The van der Waals surface area contributed by atoms with Gasteiger partial charge in [-0.25, -0.2) is 4.79 Å². The summed E-state index contributed by atoms with van der Waals surface area (Å²) in [5.74, 6) is -2.07. The van der Waals surface area contributed by atoms with Crippen LogP contribution in [-0.4, -0.2) is 22.9 Å². The Labute approximate surface area is 116 Å². The number of hydrazine groups is 1. The van der Waals surface area contributed by atoms with Crippen LogP contribution in [0.3, 0.4) is 0 Å². The van der Waals surface area contributed by atoms with Crippen LogP contribution in [0.5, 0.6) is 0 Å². The van der Waals surface area contributed by atoms with E-state index < -0.39 is 17.8 Å². The van der Waals surface area contributed by atoms with Crippen molar-refractivity contribution in [1.82, 2.24) is 10.9 Å². The van der Waals surface area contributed by atoms with Crippen LogP contribution in [0, 0.1) is 0 Å². The second-order valence-electron chi connectivity index (χ2n) is 4.39. The highest BCUT2D eigenvalue weighted by atomic mass is 16.4. The average Bonchev–Trinajstić information content (AvgIpc) is 2.42. The lowest BCUT2D eigenvalue weighted by molar-refractivity contribution is -0.131. The molecule has 0 atom stereocenters. The van der Waals surface area contributed by atoms with Gasteiger partial charge >= 0.3 is 5.97 Å². The molecule has 0 fully saturated rings. The normalized spacial score (nSPS) is 10.6. The molecule has 0 radical (unpaired) electrons. The summed E-state index contributed by atoms with van der Waals surface area (Å²) in [5, 5.41) is 8.33. The Bertz CT molecular complexity index is 533. The van der Waals surface area contributed by atoms with Crippen molar-refractivity contribution in [3.05, 3.63) is 47.5 Å². The minimum absolute atomic E-state index is 0.368. The number of benzene rings is 1. The van der Waals surface area contributed by atoms with Gasteiger partial charge in [0.15, 0.2) is 0 Å². The van der Waals surface area contributed by atoms with Crippen LogP contribution in [0.2, 0.25) is 0 Å². The van der Waals surface area contributed by atoms with Crippen molar-refractivity contribution in [3.63, 3.8) is 0 Å². The van der Waals surface area contributed by atoms with E-state index in [1.807, 2.05) is 26.0 Å². The van der Waals surface area contributed by atoms with Gasteiger partial charge in [-0.1, -0.05) is 26.0 Å². The number of hydrogen-bond acceptors (Lipinski definition) is 3. The van der Waals surface area contributed by atoms with Crippen LogP contribution >= 0.6 is 0 Å². The molecule has 1 rings (SSSR count). The first kappa shape index (κ1) is 15.4. The van der Waals surface area contributed by atoms with E-state index in [0.29, 0.717) is 17.6 Å². The van der Waals surface area contributed by atoms with Crippen molar-refractivity contribution < 1.29 is 19.5 Å². The third kappa shape index (κ3) is 4.93. The largest absolute Gasteiger partial charge is 0.478 e. The fraction of sp³-hybridized carbons (Fsp3) is 0.214. The predicted molar refractivity (Wildman–Crippen MR) is 72.9 cm³/mol. The molecule has 0 saturated heterocycles. The highest BCUT2D eigenvalue weighted by molar-refractivity contribution is 5.98. The Hall–Kier alpha value is -2.63. The molecule has 0 unspecified atom stereocenters. The van der Waals surface area contributed by atoms with E-state index in [2.05, 4.69) is 10.9 Å². The van der Waals surface area contributed by atoms with Crippen LogP contribution in [-0.2, 0) is 9.59 Å². The third-order valence-corrected chi connectivity index (χ3v) is 2.52. The molecule has 20 heavy (non-hydrogen) atoms. The SMILES string of the molecule is CC(C)c1ccc(C(=O)NNC(=O)/C=C\C(=O)O)cc1.